The van der Waals surface area contributed by atoms with Gasteiger partial charge in [0.15, 0.2) is 0 Å². The molecule has 1 aromatic carbocycles. The Morgan fingerprint density at radius 1 is 1.42 bits per heavy atom. The van der Waals surface area contributed by atoms with E-state index in [1.165, 1.54) is 16.2 Å². The molecule has 0 aliphatic heterocycles. The quantitative estimate of drug-likeness (QED) is 0.885. The number of nitrogens with zero attached hydrogens (tertiary/aromatic N) is 1. The molecule has 0 saturated heterocycles. The highest BCUT2D eigenvalue weighted by Gasteiger charge is 2.18. The van der Waals surface area contributed by atoms with Crippen LogP contribution in [0.3, 0.4) is 0 Å². The van der Waals surface area contributed by atoms with Gasteiger partial charge in [0.1, 0.15) is 5.75 Å². The average Bonchev–Trinajstić information content (AvgIpc) is 2.88. The van der Waals surface area contributed by atoms with Crippen molar-refractivity contribution < 1.29 is 9.53 Å². The standard InChI is InChI=1S/C13H13ClN2O2S/c1-16(11-5-8(14)3-4-10(11)15)13(17)12-6-9(18-2)7-19-12/h3-7H,15H2,1-2H3. The highest BCUT2D eigenvalue weighted by atomic mass is 35.5. The molecule has 0 unspecified atom stereocenters. The van der Waals surface area contributed by atoms with Crippen LogP contribution in [-0.4, -0.2) is 20.1 Å². The molecule has 1 heterocycles. The number of thiophene rings is 1. The first kappa shape index (κ1) is 13.7. The minimum absolute atomic E-state index is 0.151. The molecule has 0 fully saturated rings. The lowest BCUT2D eigenvalue weighted by Crippen LogP contribution is -2.26. The Bertz CT molecular complexity index is 612. The van der Waals surface area contributed by atoms with Crippen LogP contribution in [0.25, 0.3) is 0 Å². The fourth-order valence-electron chi connectivity index (χ4n) is 1.62. The minimum Gasteiger partial charge on any atom is -0.496 e. The Morgan fingerprint density at radius 3 is 2.79 bits per heavy atom. The van der Waals surface area contributed by atoms with E-state index in [1.807, 2.05) is 0 Å². The van der Waals surface area contributed by atoms with Gasteiger partial charge < -0.3 is 15.4 Å². The third-order valence-corrected chi connectivity index (χ3v) is 3.81. The van der Waals surface area contributed by atoms with Crippen LogP contribution >= 0.6 is 22.9 Å². The van der Waals surface area contributed by atoms with Crippen LogP contribution in [-0.2, 0) is 0 Å². The highest BCUT2D eigenvalue weighted by Crippen LogP contribution is 2.29. The van der Waals surface area contributed by atoms with E-state index < -0.39 is 0 Å². The first-order valence-corrected chi connectivity index (χ1v) is 6.74. The molecular formula is C13H13ClN2O2S. The number of hydrogen-bond donors (Lipinski definition) is 1. The van der Waals surface area contributed by atoms with Gasteiger partial charge in [-0.05, 0) is 18.2 Å². The maximum atomic E-state index is 12.3. The zero-order chi connectivity index (χ0) is 14.0. The van der Waals surface area contributed by atoms with Crippen molar-refractivity contribution in [2.45, 2.75) is 0 Å². The molecule has 2 N–H and O–H groups in total. The molecule has 0 aliphatic rings. The number of carbonyl (C=O) groups excluding carboxylic acids is 1. The third kappa shape index (κ3) is 2.83. The van der Waals surface area contributed by atoms with Gasteiger partial charge in [0, 0.05) is 23.5 Å². The summed E-state index contributed by atoms with van der Waals surface area (Å²) in [6, 6.07) is 6.73. The van der Waals surface area contributed by atoms with Crippen LogP contribution in [0.2, 0.25) is 5.02 Å². The normalized spacial score (nSPS) is 10.3. The van der Waals surface area contributed by atoms with E-state index in [0.717, 1.165) is 0 Å². The number of anilines is 2. The van der Waals surface area contributed by atoms with E-state index in [9.17, 15) is 4.79 Å². The zero-order valence-corrected chi connectivity index (χ0v) is 12.1. The van der Waals surface area contributed by atoms with Crippen molar-refractivity contribution in [1.29, 1.82) is 0 Å². The zero-order valence-electron chi connectivity index (χ0n) is 10.5. The fraction of sp³-hybridized carbons (Fsp3) is 0.154. The molecule has 100 valence electrons. The molecule has 2 rings (SSSR count). The molecule has 2 aromatic rings. The topological polar surface area (TPSA) is 55.6 Å². The molecule has 0 radical (unpaired) electrons. The Balaban J connectivity index is 2.30. The van der Waals surface area contributed by atoms with E-state index in [0.29, 0.717) is 27.0 Å². The number of methoxy groups -OCH3 is 1. The summed E-state index contributed by atoms with van der Waals surface area (Å²) in [5.74, 6) is 0.517. The molecule has 19 heavy (non-hydrogen) atoms. The fourth-order valence-corrected chi connectivity index (χ4v) is 2.62. The van der Waals surface area contributed by atoms with Crippen molar-refractivity contribution in [1.82, 2.24) is 0 Å². The second kappa shape index (κ2) is 5.50. The molecular weight excluding hydrogens is 284 g/mol. The van der Waals surface area contributed by atoms with Crippen molar-refractivity contribution in [2.75, 3.05) is 24.8 Å². The van der Waals surface area contributed by atoms with E-state index in [1.54, 1.807) is 43.8 Å². The summed E-state index contributed by atoms with van der Waals surface area (Å²) >= 11 is 7.25. The van der Waals surface area contributed by atoms with E-state index >= 15 is 0 Å². The van der Waals surface area contributed by atoms with E-state index in [-0.39, 0.29) is 5.91 Å². The monoisotopic (exact) mass is 296 g/mol. The average molecular weight is 297 g/mol. The first-order chi connectivity index (χ1) is 9.02. The Morgan fingerprint density at radius 2 is 2.16 bits per heavy atom. The van der Waals surface area contributed by atoms with Crippen molar-refractivity contribution in [2.24, 2.45) is 0 Å². The van der Waals surface area contributed by atoms with Crippen molar-refractivity contribution >= 4 is 40.2 Å². The molecule has 0 aliphatic carbocycles. The molecule has 0 bridgehead atoms. The smallest absolute Gasteiger partial charge is 0.268 e. The van der Waals surface area contributed by atoms with Gasteiger partial charge in [-0.15, -0.1) is 11.3 Å². The molecule has 1 aromatic heterocycles. The number of nitrogens with two attached hydrogens (primary N) is 1. The van der Waals surface area contributed by atoms with Gasteiger partial charge in [-0.1, -0.05) is 11.6 Å². The predicted octanol–water partition coefficient (Wildman–Crippen LogP) is 3.27. The summed E-state index contributed by atoms with van der Waals surface area (Å²) in [4.78, 5) is 14.4. The summed E-state index contributed by atoms with van der Waals surface area (Å²) in [5, 5.41) is 2.31. The van der Waals surface area contributed by atoms with Gasteiger partial charge in [0.2, 0.25) is 0 Å². The second-order valence-corrected chi connectivity index (χ2v) is 5.27. The van der Waals surface area contributed by atoms with Crippen LogP contribution in [0.15, 0.2) is 29.6 Å². The number of carbonyl (C=O) groups is 1. The molecule has 1 amide bonds. The summed E-state index contributed by atoms with van der Waals surface area (Å²) in [5.41, 5.74) is 6.96. The van der Waals surface area contributed by atoms with Crippen LogP contribution in [0, 0.1) is 0 Å². The lowest BCUT2D eigenvalue weighted by molar-refractivity contribution is 0.0996. The van der Waals surface area contributed by atoms with Gasteiger partial charge in [0.25, 0.3) is 5.91 Å². The van der Waals surface area contributed by atoms with Gasteiger partial charge in [0.05, 0.1) is 23.4 Å². The van der Waals surface area contributed by atoms with Crippen molar-refractivity contribution in [3.05, 3.63) is 39.5 Å². The summed E-state index contributed by atoms with van der Waals surface area (Å²) in [7, 11) is 3.23. The summed E-state index contributed by atoms with van der Waals surface area (Å²) < 4.78 is 5.07. The molecule has 4 nitrogen and oxygen atoms in total. The number of ether oxygens (including phenoxy) is 1. The Kier molecular flexibility index (Phi) is 3.97. The van der Waals surface area contributed by atoms with E-state index in [4.69, 9.17) is 22.1 Å². The van der Waals surface area contributed by atoms with Crippen molar-refractivity contribution in [3.8, 4) is 5.75 Å². The molecule has 6 heteroatoms. The summed E-state index contributed by atoms with van der Waals surface area (Å²) in [6.07, 6.45) is 0. The van der Waals surface area contributed by atoms with Gasteiger partial charge in [-0.3, -0.25) is 4.79 Å². The number of halogens is 1. The number of hydrogen-bond acceptors (Lipinski definition) is 4. The maximum Gasteiger partial charge on any atom is 0.268 e. The summed E-state index contributed by atoms with van der Waals surface area (Å²) in [6.45, 7) is 0. The number of nitrogen functional groups attached to an aromatic ring is 1. The lowest BCUT2D eigenvalue weighted by Gasteiger charge is -2.18. The van der Waals surface area contributed by atoms with Gasteiger partial charge in [-0.25, -0.2) is 0 Å². The second-order valence-electron chi connectivity index (χ2n) is 3.92. The Labute approximate surface area is 120 Å². The maximum absolute atomic E-state index is 12.3. The molecule has 0 atom stereocenters. The number of benzene rings is 1. The Hall–Kier alpha value is -1.72. The van der Waals surface area contributed by atoms with Crippen LogP contribution in [0.5, 0.6) is 5.75 Å². The predicted molar refractivity (Wildman–Crippen MR) is 79.5 cm³/mol. The van der Waals surface area contributed by atoms with Crippen LogP contribution < -0.4 is 15.4 Å². The minimum atomic E-state index is -0.151. The highest BCUT2D eigenvalue weighted by molar-refractivity contribution is 7.12. The van der Waals surface area contributed by atoms with Crippen LogP contribution in [0.4, 0.5) is 11.4 Å². The number of rotatable bonds is 3. The van der Waals surface area contributed by atoms with Crippen LogP contribution in [0.1, 0.15) is 9.67 Å². The van der Waals surface area contributed by atoms with Gasteiger partial charge in [-0.2, -0.15) is 0 Å². The lowest BCUT2D eigenvalue weighted by atomic mass is 10.2. The van der Waals surface area contributed by atoms with Crippen molar-refractivity contribution in [3.63, 3.8) is 0 Å². The van der Waals surface area contributed by atoms with Gasteiger partial charge >= 0.3 is 0 Å². The number of amides is 1. The molecule has 0 saturated carbocycles. The van der Waals surface area contributed by atoms with E-state index in [2.05, 4.69) is 0 Å². The largest absolute Gasteiger partial charge is 0.496 e. The first-order valence-electron chi connectivity index (χ1n) is 5.48. The third-order valence-electron chi connectivity index (χ3n) is 2.68. The SMILES string of the molecule is COc1csc(C(=O)N(C)c2cc(Cl)ccc2N)c1. The molecule has 0 spiro atoms.